The molecule has 0 radical (unpaired) electrons. The van der Waals surface area contributed by atoms with Gasteiger partial charge in [-0.1, -0.05) is 0 Å². The zero-order chi connectivity index (χ0) is 12.5. The first-order chi connectivity index (χ1) is 8.02. The summed E-state index contributed by atoms with van der Waals surface area (Å²) in [6.45, 7) is 0.0726. The minimum absolute atomic E-state index is 0.0726. The van der Waals surface area contributed by atoms with Gasteiger partial charge in [-0.3, -0.25) is 4.72 Å². The molecule has 1 aliphatic rings. The number of nitrogens with one attached hydrogen (secondary N) is 1. The molecule has 0 amide bonds. The van der Waals surface area contributed by atoms with Crippen LogP contribution in [0.25, 0.3) is 0 Å². The third-order valence-electron chi connectivity index (χ3n) is 2.06. The quantitative estimate of drug-likeness (QED) is 0.749. The Labute approximate surface area is 97.8 Å². The summed E-state index contributed by atoms with van der Waals surface area (Å²) in [5, 5.41) is 8.36. The summed E-state index contributed by atoms with van der Waals surface area (Å²) in [4.78, 5) is 0. The molecule has 1 aliphatic heterocycles. The van der Waals surface area contributed by atoms with Crippen molar-refractivity contribution in [1.29, 1.82) is 5.26 Å². The molecule has 0 saturated heterocycles. The lowest BCUT2D eigenvalue weighted by Gasteiger charge is -2.09. The van der Waals surface area contributed by atoms with Crippen LogP contribution in [0, 0.1) is 11.3 Å². The number of nitrogens with zero attached hydrogens (tertiary/aromatic N) is 1. The molecule has 1 aromatic carbocycles. The Bertz CT molecular complexity index is 591. The average molecular weight is 255 g/mol. The lowest BCUT2D eigenvalue weighted by Crippen LogP contribution is -2.16. The van der Waals surface area contributed by atoms with Crippen LogP contribution in [0.1, 0.15) is 0 Å². The molecule has 8 heteroatoms. The third-order valence-corrected chi connectivity index (χ3v) is 3.10. The van der Waals surface area contributed by atoms with E-state index < -0.39 is 15.8 Å². The van der Waals surface area contributed by atoms with Gasteiger partial charge in [0.15, 0.2) is 17.3 Å². The average Bonchev–Trinajstić information content (AvgIpc) is 2.64. The van der Waals surface area contributed by atoms with Crippen molar-refractivity contribution >= 4 is 21.4 Å². The van der Waals surface area contributed by atoms with Gasteiger partial charge in [-0.2, -0.15) is 5.26 Å². The Morgan fingerprint density at radius 3 is 2.71 bits per heavy atom. The molecule has 3 N–H and O–H groups in total. The predicted molar refractivity (Wildman–Crippen MR) is 60.0 cm³/mol. The third kappa shape index (κ3) is 2.34. The van der Waals surface area contributed by atoms with Crippen LogP contribution in [0.3, 0.4) is 0 Å². The van der Waals surface area contributed by atoms with Crippen LogP contribution in [0.4, 0.5) is 11.4 Å². The SMILES string of the molecule is N#CCS(=O)(=O)Nc1cc2c(cc1N)OCO2. The minimum atomic E-state index is -3.71. The lowest BCUT2D eigenvalue weighted by atomic mass is 10.2. The largest absolute Gasteiger partial charge is 0.454 e. The molecule has 0 atom stereocenters. The number of nitriles is 1. The highest BCUT2D eigenvalue weighted by molar-refractivity contribution is 7.92. The van der Waals surface area contributed by atoms with E-state index in [4.69, 9.17) is 20.5 Å². The molecule has 0 unspecified atom stereocenters. The number of benzene rings is 1. The maximum absolute atomic E-state index is 11.4. The Morgan fingerprint density at radius 1 is 1.41 bits per heavy atom. The van der Waals surface area contributed by atoms with Crippen molar-refractivity contribution in [2.75, 3.05) is 23.0 Å². The summed E-state index contributed by atoms with van der Waals surface area (Å²) in [6.07, 6.45) is 0. The van der Waals surface area contributed by atoms with Gasteiger partial charge in [0.1, 0.15) is 0 Å². The van der Waals surface area contributed by atoms with Crippen molar-refractivity contribution in [2.45, 2.75) is 0 Å². The summed E-state index contributed by atoms with van der Waals surface area (Å²) in [7, 11) is -3.71. The van der Waals surface area contributed by atoms with E-state index in [1.165, 1.54) is 12.1 Å². The fourth-order valence-corrected chi connectivity index (χ4v) is 2.09. The van der Waals surface area contributed by atoms with Gasteiger partial charge in [0, 0.05) is 12.1 Å². The number of nitrogens with two attached hydrogens (primary N) is 1. The lowest BCUT2D eigenvalue weighted by molar-refractivity contribution is 0.174. The monoisotopic (exact) mass is 255 g/mol. The van der Waals surface area contributed by atoms with Gasteiger partial charge in [0.25, 0.3) is 0 Å². The van der Waals surface area contributed by atoms with Gasteiger partial charge >= 0.3 is 0 Å². The topological polar surface area (TPSA) is 114 Å². The Balaban J connectivity index is 2.32. The van der Waals surface area contributed by atoms with Gasteiger partial charge < -0.3 is 15.2 Å². The highest BCUT2D eigenvalue weighted by Gasteiger charge is 2.18. The van der Waals surface area contributed by atoms with Gasteiger partial charge in [-0.25, -0.2) is 8.42 Å². The van der Waals surface area contributed by atoms with Crippen LogP contribution in [0.2, 0.25) is 0 Å². The molecule has 90 valence electrons. The fourth-order valence-electron chi connectivity index (χ4n) is 1.33. The number of nitrogen functional groups attached to an aromatic ring is 1. The number of fused-ring (bicyclic) bond motifs is 1. The molecule has 0 fully saturated rings. The summed E-state index contributed by atoms with van der Waals surface area (Å²) < 4.78 is 35.2. The Morgan fingerprint density at radius 2 is 2.06 bits per heavy atom. The number of ether oxygens (including phenoxy) is 2. The van der Waals surface area contributed by atoms with E-state index in [-0.39, 0.29) is 18.2 Å². The van der Waals surface area contributed by atoms with E-state index in [9.17, 15) is 8.42 Å². The number of hydrogen-bond donors (Lipinski definition) is 2. The van der Waals surface area contributed by atoms with E-state index >= 15 is 0 Å². The van der Waals surface area contributed by atoms with Crippen LogP contribution < -0.4 is 19.9 Å². The Kier molecular flexibility index (Phi) is 2.69. The maximum Gasteiger partial charge on any atom is 0.246 e. The van der Waals surface area contributed by atoms with E-state index in [2.05, 4.69) is 4.72 Å². The maximum atomic E-state index is 11.4. The van der Waals surface area contributed by atoms with Gasteiger partial charge in [0.2, 0.25) is 16.8 Å². The molecule has 2 rings (SSSR count). The summed E-state index contributed by atoms with van der Waals surface area (Å²) in [6, 6.07) is 4.44. The molecule has 0 bridgehead atoms. The normalized spacial score (nSPS) is 13.1. The van der Waals surface area contributed by atoms with Crippen LogP contribution >= 0.6 is 0 Å². The van der Waals surface area contributed by atoms with Crippen LogP contribution in [-0.4, -0.2) is 21.0 Å². The van der Waals surface area contributed by atoms with Gasteiger partial charge in [0.05, 0.1) is 17.4 Å². The Hall–Kier alpha value is -2.14. The van der Waals surface area contributed by atoms with Crippen LogP contribution in [0.15, 0.2) is 12.1 Å². The molecular formula is C9H9N3O4S. The minimum Gasteiger partial charge on any atom is -0.454 e. The highest BCUT2D eigenvalue weighted by atomic mass is 32.2. The van der Waals surface area contributed by atoms with Crippen LogP contribution in [0.5, 0.6) is 11.5 Å². The standard InChI is InChI=1S/C9H9N3O4S/c10-1-2-17(13,14)12-7-4-9-8(3-6(7)11)15-5-16-9/h3-4,12H,2,5,11H2. The van der Waals surface area contributed by atoms with Crippen molar-refractivity contribution in [1.82, 2.24) is 0 Å². The molecule has 1 aromatic rings. The van der Waals surface area contributed by atoms with E-state index in [1.54, 1.807) is 6.07 Å². The number of rotatable bonds is 3. The molecule has 1 heterocycles. The molecule has 0 spiro atoms. The molecule has 0 aromatic heterocycles. The summed E-state index contributed by atoms with van der Waals surface area (Å²) >= 11 is 0. The molecule has 0 saturated carbocycles. The molecule has 7 nitrogen and oxygen atoms in total. The van der Waals surface area contributed by atoms with E-state index in [0.717, 1.165) is 0 Å². The van der Waals surface area contributed by atoms with E-state index in [1.807, 2.05) is 0 Å². The zero-order valence-corrected chi connectivity index (χ0v) is 9.45. The molecule has 17 heavy (non-hydrogen) atoms. The van der Waals surface area contributed by atoms with Crippen molar-refractivity contribution < 1.29 is 17.9 Å². The fraction of sp³-hybridized carbons (Fsp3) is 0.222. The highest BCUT2D eigenvalue weighted by Crippen LogP contribution is 2.38. The second-order valence-corrected chi connectivity index (χ2v) is 5.03. The van der Waals surface area contributed by atoms with Crippen molar-refractivity contribution in [3.05, 3.63) is 12.1 Å². The molecule has 0 aliphatic carbocycles. The second kappa shape index (κ2) is 4.03. The first-order valence-electron chi connectivity index (χ1n) is 4.58. The van der Waals surface area contributed by atoms with Crippen molar-refractivity contribution in [2.24, 2.45) is 0 Å². The number of hydrogen-bond acceptors (Lipinski definition) is 6. The predicted octanol–water partition coefficient (Wildman–Crippen LogP) is 0.263. The first-order valence-corrected chi connectivity index (χ1v) is 6.23. The summed E-state index contributed by atoms with van der Waals surface area (Å²) in [5.41, 5.74) is 6.03. The van der Waals surface area contributed by atoms with Crippen LogP contribution in [-0.2, 0) is 10.0 Å². The van der Waals surface area contributed by atoms with Gasteiger partial charge in [-0.15, -0.1) is 0 Å². The van der Waals surface area contributed by atoms with Gasteiger partial charge in [-0.05, 0) is 0 Å². The smallest absolute Gasteiger partial charge is 0.246 e. The zero-order valence-electron chi connectivity index (χ0n) is 8.63. The summed E-state index contributed by atoms with van der Waals surface area (Å²) in [5.74, 6) is 0.237. The van der Waals surface area contributed by atoms with Crippen molar-refractivity contribution in [3.8, 4) is 17.6 Å². The molecular weight excluding hydrogens is 246 g/mol. The number of anilines is 2. The number of sulfonamides is 1. The van der Waals surface area contributed by atoms with Crippen molar-refractivity contribution in [3.63, 3.8) is 0 Å². The van der Waals surface area contributed by atoms with E-state index in [0.29, 0.717) is 11.5 Å². The first kappa shape index (κ1) is 11.3. The second-order valence-electron chi connectivity index (χ2n) is 3.31.